The van der Waals surface area contributed by atoms with Crippen LogP contribution in [0.2, 0.25) is 0 Å². The summed E-state index contributed by atoms with van der Waals surface area (Å²) in [5.74, 6) is 1.81. The van der Waals surface area contributed by atoms with Gasteiger partial charge in [-0.2, -0.15) is 4.98 Å². The van der Waals surface area contributed by atoms with Crippen LogP contribution < -0.4 is 10.1 Å². The van der Waals surface area contributed by atoms with Gasteiger partial charge in [-0.05, 0) is 24.6 Å². The minimum atomic E-state index is 0.514. The number of ether oxygens (including phenoxy) is 2. The van der Waals surface area contributed by atoms with Gasteiger partial charge in [0.15, 0.2) is 0 Å². The molecule has 2 aromatic rings. The standard InChI is InChI=1S/C14H17N3O2/c1-3-15-14-16-8-7-13(17-14)19-12-6-4-5-11(9-12)10-18-2/h4-9H,3,10H2,1-2H3,(H,15,16,17). The summed E-state index contributed by atoms with van der Waals surface area (Å²) in [6.45, 7) is 3.32. The van der Waals surface area contributed by atoms with E-state index < -0.39 is 0 Å². The fourth-order valence-electron chi connectivity index (χ4n) is 1.63. The zero-order valence-electron chi connectivity index (χ0n) is 11.1. The Labute approximate surface area is 112 Å². The van der Waals surface area contributed by atoms with Gasteiger partial charge in [-0.15, -0.1) is 0 Å². The molecule has 0 saturated heterocycles. The molecule has 2 rings (SSSR count). The molecule has 1 N–H and O–H groups in total. The smallest absolute Gasteiger partial charge is 0.225 e. The van der Waals surface area contributed by atoms with E-state index in [0.29, 0.717) is 18.4 Å². The van der Waals surface area contributed by atoms with Gasteiger partial charge < -0.3 is 14.8 Å². The molecule has 1 aromatic heterocycles. The van der Waals surface area contributed by atoms with Crippen molar-refractivity contribution >= 4 is 5.95 Å². The SMILES string of the molecule is CCNc1nccc(Oc2cccc(COC)c2)n1. The van der Waals surface area contributed by atoms with E-state index in [-0.39, 0.29) is 0 Å². The van der Waals surface area contributed by atoms with Crippen LogP contribution in [0.3, 0.4) is 0 Å². The maximum atomic E-state index is 5.71. The molecule has 5 nitrogen and oxygen atoms in total. The van der Waals surface area contributed by atoms with Gasteiger partial charge >= 0.3 is 0 Å². The molecule has 0 aliphatic heterocycles. The molecule has 0 saturated carbocycles. The van der Waals surface area contributed by atoms with Gasteiger partial charge in [0.05, 0.1) is 6.61 Å². The van der Waals surface area contributed by atoms with Crippen LogP contribution in [-0.4, -0.2) is 23.6 Å². The Morgan fingerprint density at radius 3 is 2.95 bits per heavy atom. The number of hydrogen-bond acceptors (Lipinski definition) is 5. The topological polar surface area (TPSA) is 56.3 Å². The molecule has 1 aromatic carbocycles. The van der Waals surface area contributed by atoms with E-state index >= 15 is 0 Å². The lowest BCUT2D eigenvalue weighted by molar-refractivity contribution is 0.184. The lowest BCUT2D eigenvalue weighted by Crippen LogP contribution is -2.02. The zero-order valence-corrected chi connectivity index (χ0v) is 11.1. The molecule has 0 atom stereocenters. The van der Waals surface area contributed by atoms with Gasteiger partial charge in [0.1, 0.15) is 5.75 Å². The second kappa shape index (κ2) is 6.70. The molecule has 0 radical (unpaired) electrons. The highest BCUT2D eigenvalue weighted by atomic mass is 16.5. The Hall–Kier alpha value is -2.14. The fraction of sp³-hybridized carbons (Fsp3) is 0.286. The zero-order chi connectivity index (χ0) is 13.5. The van der Waals surface area contributed by atoms with E-state index in [1.165, 1.54) is 0 Å². The lowest BCUT2D eigenvalue weighted by Gasteiger charge is -2.07. The molecule has 0 aliphatic rings. The Morgan fingerprint density at radius 2 is 2.16 bits per heavy atom. The van der Waals surface area contributed by atoms with Crippen molar-refractivity contribution in [3.63, 3.8) is 0 Å². The van der Waals surface area contributed by atoms with Crippen LogP contribution in [0.1, 0.15) is 12.5 Å². The third kappa shape index (κ3) is 3.93. The van der Waals surface area contributed by atoms with Gasteiger partial charge in [0.2, 0.25) is 11.8 Å². The Morgan fingerprint density at radius 1 is 1.26 bits per heavy atom. The monoisotopic (exact) mass is 259 g/mol. The van der Waals surface area contributed by atoms with E-state index in [0.717, 1.165) is 17.9 Å². The molecular formula is C14H17N3O2. The summed E-state index contributed by atoms with van der Waals surface area (Å²) >= 11 is 0. The van der Waals surface area contributed by atoms with Crippen LogP contribution in [0.15, 0.2) is 36.5 Å². The second-order valence-electron chi connectivity index (χ2n) is 3.93. The second-order valence-corrected chi connectivity index (χ2v) is 3.93. The Kier molecular flexibility index (Phi) is 4.69. The fourth-order valence-corrected chi connectivity index (χ4v) is 1.63. The summed E-state index contributed by atoms with van der Waals surface area (Å²) in [4.78, 5) is 8.35. The van der Waals surface area contributed by atoms with Gasteiger partial charge in [-0.1, -0.05) is 12.1 Å². The highest BCUT2D eigenvalue weighted by molar-refractivity contribution is 5.33. The number of methoxy groups -OCH3 is 1. The Balaban J connectivity index is 2.11. The van der Waals surface area contributed by atoms with Crippen molar-refractivity contribution in [1.29, 1.82) is 0 Å². The van der Waals surface area contributed by atoms with Crippen LogP contribution in [0.4, 0.5) is 5.95 Å². The first-order valence-electron chi connectivity index (χ1n) is 6.14. The minimum absolute atomic E-state index is 0.514. The van der Waals surface area contributed by atoms with E-state index in [2.05, 4.69) is 15.3 Å². The highest BCUT2D eigenvalue weighted by Gasteiger charge is 2.02. The quantitative estimate of drug-likeness (QED) is 0.864. The Bertz CT molecular complexity index is 484. The number of nitrogens with one attached hydrogen (secondary N) is 1. The summed E-state index contributed by atoms with van der Waals surface area (Å²) in [6.07, 6.45) is 1.67. The van der Waals surface area contributed by atoms with Crippen molar-refractivity contribution in [1.82, 2.24) is 9.97 Å². The molecule has 0 fully saturated rings. The normalized spacial score (nSPS) is 10.2. The van der Waals surface area contributed by atoms with Crippen molar-refractivity contribution in [2.75, 3.05) is 19.0 Å². The molecule has 0 spiro atoms. The molecule has 5 heteroatoms. The summed E-state index contributed by atoms with van der Waals surface area (Å²) in [6, 6.07) is 9.45. The van der Waals surface area contributed by atoms with E-state index in [1.54, 1.807) is 19.4 Å². The van der Waals surface area contributed by atoms with Crippen LogP contribution in [0.25, 0.3) is 0 Å². The molecule has 0 amide bonds. The van der Waals surface area contributed by atoms with Crippen molar-refractivity contribution in [3.8, 4) is 11.6 Å². The van der Waals surface area contributed by atoms with Gasteiger partial charge in [0, 0.05) is 25.9 Å². The van der Waals surface area contributed by atoms with Crippen LogP contribution in [0, 0.1) is 0 Å². The summed E-state index contributed by atoms with van der Waals surface area (Å²) in [5, 5.41) is 3.04. The van der Waals surface area contributed by atoms with E-state index in [9.17, 15) is 0 Å². The van der Waals surface area contributed by atoms with E-state index in [4.69, 9.17) is 9.47 Å². The largest absolute Gasteiger partial charge is 0.439 e. The molecule has 19 heavy (non-hydrogen) atoms. The predicted octanol–water partition coefficient (Wildman–Crippen LogP) is 2.85. The van der Waals surface area contributed by atoms with Gasteiger partial charge in [-0.3, -0.25) is 0 Å². The van der Waals surface area contributed by atoms with Gasteiger partial charge in [-0.25, -0.2) is 4.98 Å². The number of rotatable bonds is 6. The molecule has 100 valence electrons. The molecule has 0 unspecified atom stereocenters. The predicted molar refractivity (Wildman–Crippen MR) is 73.4 cm³/mol. The maximum Gasteiger partial charge on any atom is 0.225 e. The van der Waals surface area contributed by atoms with Crippen molar-refractivity contribution in [2.24, 2.45) is 0 Å². The van der Waals surface area contributed by atoms with Gasteiger partial charge in [0.25, 0.3) is 0 Å². The van der Waals surface area contributed by atoms with Crippen molar-refractivity contribution in [3.05, 3.63) is 42.1 Å². The molecular weight excluding hydrogens is 242 g/mol. The van der Waals surface area contributed by atoms with Crippen LogP contribution in [-0.2, 0) is 11.3 Å². The first kappa shape index (κ1) is 13.3. The average Bonchev–Trinajstić information content (AvgIpc) is 2.40. The van der Waals surface area contributed by atoms with Crippen LogP contribution >= 0.6 is 0 Å². The molecule has 1 heterocycles. The van der Waals surface area contributed by atoms with E-state index in [1.807, 2.05) is 31.2 Å². The number of aromatic nitrogens is 2. The lowest BCUT2D eigenvalue weighted by atomic mass is 10.2. The highest BCUT2D eigenvalue weighted by Crippen LogP contribution is 2.21. The maximum absolute atomic E-state index is 5.71. The third-order valence-corrected chi connectivity index (χ3v) is 2.40. The average molecular weight is 259 g/mol. The number of anilines is 1. The number of hydrogen-bond donors (Lipinski definition) is 1. The minimum Gasteiger partial charge on any atom is -0.439 e. The van der Waals surface area contributed by atoms with Crippen molar-refractivity contribution in [2.45, 2.75) is 13.5 Å². The summed E-state index contributed by atoms with van der Waals surface area (Å²) in [5.41, 5.74) is 1.06. The number of benzene rings is 1. The molecule has 0 aliphatic carbocycles. The summed E-state index contributed by atoms with van der Waals surface area (Å²) < 4.78 is 10.8. The van der Waals surface area contributed by atoms with Crippen LogP contribution in [0.5, 0.6) is 11.6 Å². The third-order valence-electron chi connectivity index (χ3n) is 2.40. The first-order chi connectivity index (χ1) is 9.31. The number of nitrogens with zero attached hydrogens (tertiary/aromatic N) is 2. The first-order valence-corrected chi connectivity index (χ1v) is 6.14. The van der Waals surface area contributed by atoms with Crippen molar-refractivity contribution < 1.29 is 9.47 Å². The summed E-state index contributed by atoms with van der Waals surface area (Å²) in [7, 11) is 1.67. The molecule has 0 bridgehead atoms.